The molecule has 2 fully saturated rings. The summed E-state index contributed by atoms with van der Waals surface area (Å²) >= 11 is 0. The van der Waals surface area contributed by atoms with Crippen LogP contribution in [0.3, 0.4) is 0 Å². The lowest BCUT2D eigenvalue weighted by molar-refractivity contribution is 0.152. The molecule has 4 atom stereocenters. The Morgan fingerprint density at radius 3 is 2.90 bits per heavy atom. The van der Waals surface area contributed by atoms with Crippen LogP contribution in [0.2, 0.25) is 0 Å². The molecule has 20 heavy (non-hydrogen) atoms. The molecule has 1 nitrogen and oxygen atoms in total. The van der Waals surface area contributed by atoms with Gasteiger partial charge in [-0.05, 0) is 60.8 Å². The molecule has 1 aliphatic carbocycles. The Morgan fingerprint density at radius 1 is 1.20 bits per heavy atom. The zero-order valence-electron chi connectivity index (χ0n) is 12.4. The van der Waals surface area contributed by atoms with Gasteiger partial charge in [-0.1, -0.05) is 38.3 Å². The van der Waals surface area contributed by atoms with Gasteiger partial charge in [0.05, 0.1) is 0 Å². The van der Waals surface area contributed by atoms with Crippen molar-refractivity contribution in [2.24, 2.45) is 17.8 Å². The molecule has 2 heteroatoms. The number of hydrogen-bond donors (Lipinski definition) is 1. The first-order valence-corrected chi connectivity index (χ1v) is 8.20. The van der Waals surface area contributed by atoms with Crippen molar-refractivity contribution in [3.05, 3.63) is 35.6 Å². The van der Waals surface area contributed by atoms with Crippen LogP contribution in [0, 0.1) is 23.6 Å². The maximum atomic E-state index is 13.5. The number of hydrogen-bond acceptors (Lipinski definition) is 1. The Balaban J connectivity index is 1.80. The van der Waals surface area contributed by atoms with Gasteiger partial charge in [0.25, 0.3) is 0 Å². The Morgan fingerprint density at radius 2 is 2.10 bits per heavy atom. The van der Waals surface area contributed by atoms with Crippen LogP contribution in [0.15, 0.2) is 24.3 Å². The molecule has 1 saturated carbocycles. The van der Waals surface area contributed by atoms with Crippen LogP contribution in [0.1, 0.15) is 50.5 Å². The minimum absolute atomic E-state index is 0.0937. The fourth-order valence-electron chi connectivity index (χ4n) is 4.42. The van der Waals surface area contributed by atoms with Gasteiger partial charge in [-0.2, -0.15) is 0 Å². The molecule has 1 aromatic rings. The van der Waals surface area contributed by atoms with Gasteiger partial charge >= 0.3 is 0 Å². The van der Waals surface area contributed by atoms with E-state index >= 15 is 0 Å². The first-order valence-electron chi connectivity index (χ1n) is 8.20. The molecule has 1 saturated heterocycles. The van der Waals surface area contributed by atoms with Gasteiger partial charge < -0.3 is 5.32 Å². The highest BCUT2D eigenvalue weighted by atomic mass is 19.1. The molecule has 0 bridgehead atoms. The van der Waals surface area contributed by atoms with Crippen molar-refractivity contribution in [2.75, 3.05) is 13.1 Å². The molecule has 0 amide bonds. The molecule has 0 radical (unpaired) electrons. The van der Waals surface area contributed by atoms with Crippen LogP contribution in [0.25, 0.3) is 0 Å². The number of rotatable bonds is 2. The molecular weight excluding hydrogens is 249 g/mol. The van der Waals surface area contributed by atoms with E-state index in [1.54, 1.807) is 12.1 Å². The first kappa shape index (κ1) is 14.1. The highest BCUT2D eigenvalue weighted by Gasteiger charge is 2.34. The van der Waals surface area contributed by atoms with Gasteiger partial charge in [-0.3, -0.25) is 0 Å². The maximum absolute atomic E-state index is 13.5. The van der Waals surface area contributed by atoms with Gasteiger partial charge in [0.15, 0.2) is 0 Å². The third-order valence-electron chi connectivity index (χ3n) is 5.39. The van der Waals surface area contributed by atoms with Crippen molar-refractivity contribution in [2.45, 2.75) is 44.9 Å². The monoisotopic (exact) mass is 275 g/mol. The van der Waals surface area contributed by atoms with E-state index in [2.05, 4.69) is 18.3 Å². The second kappa shape index (κ2) is 6.26. The smallest absolute Gasteiger partial charge is 0.123 e. The summed E-state index contributed by atoms with van der Waals surface area (Å²) in [5.41, 5.74) is 1.19. The quantitative estimate of drug-likeness (QED) is 0.846. The van der Waals surface area contributed by atoms with Crippen molar-refractivity contribution in [1.82, 2.24) is 5.32 Å². The molecule has 1 heterocycles. The second-order valence-electron chi connectivity index (χ2n) is 6.85. The standard InChI is InChI=1S/C18H26FN/c1-13-4-2-5-14(10-13)17-8-9-20-12-18(17)15-6-3-7-16(19)11-15/h3,6-7,11,13-14,17-18,20H,2,4-5,8-10,12H2,1H3. The lowest BCUT2D eigenvalue weighted by Gasteiger charge is -2.41. The lowest BCUT2D eigenvalue weighted by Crippen LogP contribution is -2.39. The van der Waals surface area contributed by atoms with Gasteiger partial charge in [-0.25, -0.2) is 4.39 Å². The third kappa shape index (κ3) is 3.06. The largest absolute Gasteiger partial charge is 0.316 e. The summed E-state index contributed by atoms with van der Waals surface area (Å²) in [6.07, 6.45) is 6.77. The SMILES string of the molecule is CC1CCCC(C2CCNCC2c2cccc(F)c2)C1. The van der Waals surface area contributed by atoms with Crippen LogP contribution >= 0.6 is 0 Å². The van der Waals surface area contributed by atoms with E-state index < -0.39 is 0 Å². The maximum Gasteiger partial charge on any atom is 0.123 e. The summed E-state index contributed by atoms with van der Waals surface area (Å²) in [5, 5.41) is 3.51. The summed E-state index contributed by atoms with van der Waals surface area (Å²) in [6, 6.07) is 7.27. The highest BCUT2D eigenvalue weighted by molar-refractivity contribution is 5.23. The molecule has 1 aromatic carbocycles. The minimum Gasteiger partial charge on any atom is -0.316 e. The average molecular weight is 275 g/mol. The Bertz CT molecular complexity index is 445. The molecular formula is C18H26FN. The zero-order chi connectivity index (χ0) is 13.9. The Hall–Kier alpha value is -0.890. The predicted octanol–water partition coefficient (Wildman–Crippen LogP) is 4.35. The molecule has 2 aliphatic rings. The van der Waals surface area contributed by atoms with E-state index in [4.69, 9.17) is 0 Å². The first-order chi connectivity index (χ1) is 9.74. The number of benzene rings is 1. The van der Waals surface area contributed by atoms with Gasteiger partial charge in [0, 0.05) is 6.54 Å². The van der Waals surface area contributed by atoms with Gasteiger partial charge in [0.2, 0.25) is 0 Å². The minimum atomic E-state index is -0.0937. The van der Waals surface area contributed by atoms with Crippen molar-refractivity contribution in [3.8, 4) is 0 Å². The van der Waals surface area contributed by atoms with E-state index in [1.807, 2.05) is 6.07 Å². The fraction of sp³-hybridized carbons (Fsp3) is 0.667. The molecule has 0 aromatic heterocycles. The normalized spacial score (nSPS) is 34.9. The summed E-state index contributed by atoms with van der Waals surface area (Å²) in [7, 11) is 0. The Labute approximate surface area is 122 Å². The topological polar surface area (TPSA) is 12.0 Å². The van der Waals surface area contributed by atoms with E-state index in [0.717, 1.165) is 30.8 Å². The predicted molar refractivity (Wildman–Crippen MR) is 81.2 cm³/mol. The van der Waals surface area contributed by atoms with Crippen molar-refractivity contribution in [1.29, 1.82) is 0 Å². The second-order valence-corrected chi connectivity index (χ2v) is 6.85. The molecule has 110 valence electrons. The van der Waals surface area contributed by atoms with E-state index in [9.17, 15) is 4.39 Å². The summed E-state index contributed by atoms with van der Waals surface area (Å²) < 4.78 is 13.5. The van der Waals surface area contributed by atoms with Gasteiger partial charge in [0.1, 0.15) is 5.82 Å². The number of halogens is 1. The molecule has 1 aliphatic heterocycles. The van der Waals surface area contributed by atoms with Crippen LogP contribution in [-0.2, 0) is 0 Å². The van der Waals surface area contributed by atoms with E-state index in [1.165, 1.54) is 37.7 Å². The third-order valence-corrected chi connectivity index (χ3v) is 5.39. The van der Waals surface area contributed by atoms with Crippen LogP contribution in [-0.4, -0.2) is 13.1 Å². The summed E-state index contributed by atoms with van der Waals surface area (Å²) in [6.45, 7) is 4.53. The van der Waals surface area contributed by atoms with Crippen molar-refractivity contribution >= 4 is 0 Å². The van der Waals surface area contributed by atoms with Gasteiger partial charge in [-0.15, -0.1) is 0 Å². The number of piperidine rings is 1. The van der Waals surface area contributed by atoms with Crippen LogP contribution < -0.4 is 5.32 Å². The summed E-state index contributed by atoms with van der Waals surface area (Å²) in [5.74, 6) is 2.85. The van der Waals surface area contributed by atoms with E-state index in [0.29, 0.717) is 5.92 Å². The molecule has 1 N–H and O–H groups in total. The number of nitrogens with one attached hydrogen (secondary N) is 1. The van der Waals surface area contributed by atoms with Crippen molar-refractivity contribution in [3.63, 3.8) is 0 Å². The molecule has 3 rings (SSSR count). The van der Waals surface area contributed by atoms with E-state index in [-0.39, 0.29) is 5.82 Å². The van der Waals surface area contributed by atoms with Crippen LogP contribution in [0.5, 0.6) is 0 Å². The zero-order valence-corrected chi connectivity index (χ0v) is 12.4. The Kier molecular flexibility index (Phi) is 4.40. The van der Waals surface area contributed by atoms with Crippen LogP contribution in [0.4, 0.5) is 4.39 Å². The average Bonchev–Trinajstić information content (AvgIpc) is 2.47. The van der Waals surface area contributed by atoms with Crippen molar-refractivity contribution < 1.29 is 4.39 Å². The molecule has 0 spiro atoms. The lowest BCUT2D eigenvalue weighted by atomic mass is 9.67. The molecule has 4 unspecified atom stereocenters. The highest BCUT2D eigenvalue weighted by Crippen LogP contribution is 2.42. The fourth-order valence-corrected chi connectivity index (χ4v) is 4.42. The summed E-state index contributed by atoms with van der Waals surface area (Å²) in [4.78, 5) is 0.